The summed E-state index contributed by atoms with van der Waals surface area (Å²) in [5, 5.41) is 14.1. The predicted molar refractivity (Wildman–Crippen MR) is 67.7 cm³/mol. The molecule has 0 bridgehead atoms. The summed E-state index contributed by atoms with van der Waals surface area (Å²) in [6.45, 7) is 2.42. The van der Waals surface area contributed by atoms with Gasteiger partial charge < -0.3 is 15.7 Å². The van der Waals surface area contributed by atoms with Crippen molar-refractivity contribution < 1.29 is 9.90 Å². The summed E-state index contributed by atoms with van der Waals surface area (Å²) >= 11 is 0. The summed E-state index contributed by atoms with van der Waals surface area (Å²) in [5.41, 5.74) is 1.33. The van der Waals surface area contributed by atoms with Crippen molar-refractivity contribution in [2.45, 2.75) is 13.3 Å². The molecule has 0 unspecified atom stereocenters. The molecule has 3 N–H and O–H groups in total. The Morgan fingerprint density at radius 2 is 2.18 bits per heavy atom. The molecule has 0 saturated heterocycles. The number of urea groups is 1. The number of anilines is 1. The molecule has 90 valence electrons. The van der Waals surface area contributed by atoms with Crippen LogP contribution in [0, 0.1) is 11.8 Å². The van der Waals surface area contributed by atoms with Crippen molar-refractivity contribution in [2.24, 2.45) is 0 Å². The van der Waals surface area contributed by atoms with Gasteiger partial charge in [0.15, 0.2) is 0 Å². The zero-order chi connectivity index (χ0) is 12.5. The maximum absolute atomic E-state index is 11.5. The van der Waals surface area contributed by atoms with E-state index in [0.717, 1.165) is 6.42 Å². The molecule has 0 saturated carbocycles. The van der Waals surface area contributed by atoms with Crippen LogP contribution in [0.3, 0.4) is 0 Å². The summed E-state index contributed by atoms with van der Waals surface area (Å²) in [7, 11) is 0. The molecule has 4 heteroatoms. The highest BCUT2D eigenvalue weighted by Crippen LogP contribution is 2.13. The van der Waals surface area contributed by atoms with Crippen molar-refractivity contribution in [1.29, 1.82) is 0 Å². The number of hydrogen-bond donors (Lipinski definition) is 3. The Bertz CT molecular complexity index is 433. The van der Waals surface area contributed by atoms with Crippen LogP contribution in [-0.2, 0) is 0 Å². The number of amides is 2. The van der Waals surface area contributed by atoms with Gasteiger partial charge in [0.2, 0.25) is 0 Å². The molecule has 0 heterocycles. The van der Waals surface area contributed by atoms with Gasteiger partial charge >= 0.3 is 6.03 Å². The van der Waals surface area contributed by atoms with Crippen LogP contribution >= 0.6 is 0 Å². The molecular weight excluding hydrogens is 216 g/mol. The second-order valence-corrected chi connectivity index (χ2v) is 3.39. The van der Waals surface area contributed by atoms with Crippen LogP contribution in [0.15, 0.2) is 24.3 Å². The fraction of sp³-hybridized carbons (Fsp3) is 0.308. The largest absolute Gasteiger partial charge is 0.384 e. The number of nitrogens with one attached hydrogen (secondary N) is 2. The number of para-hydroxylation sites is 1. The van der Waals surface area contributed by atoms with Crippen LogP contribution in [0.4, 0.5) is 10.5 Å². The SMILES string of the molecule is CCCNC(=O)Nc1ccccc1C#CCO. The highest BCUT2D eigenvalue weighted by Gasteiger charge is 2.03. The summed E-state index contributed by atoms with van der Waals surface area (Å²) in [5.74, 6) is 5.34. The highest BCUT2D eigenvalue weighted by molar-refractivity contribution is 5.90. The van der Waals surface area contributed by atoms with Crippen molar-refractivity contribution in [3.05, 3.63) is 29.8 Å². The molecule has 0 radical (unpaired) electrons. The van der Waals surface area contributed by atoms with Crippen LogP contribution in [0.1, 0.15) is 18.9 Å². The Morgan fingerprint density at radius 1 is 1.41 bits per heavy atom. The minimum atomic E-state index is -0.245. The molecule has 1 aromatic carbocycles. The van der Waals surface area contributed by atoms with E-state index in [1.165, 1.54) is 0 Å². The lowest BCUT2D eigenvalue weighted by Gasteiger charge is -2.08. The molecule has 0 aromatic heterocycles. The minimum absolute atomic E-state index is 0.198. The van der Waals surface area contributed by atoms with Crippen LogP contribution in [-0.4, -0.2) is 24.3 Å². The van der Waals surface area contributed by atoms with Gasteiger partial charge in [0.25, 0.3) is 0 Å². The van der Waals surface area contributed by atoms with Gasteiger partial charge in [0, 0.05) is 12.1 Å². The summed E-state index contributed by atoms with van der Waals surface area (Å²) in [6.07, 6.45) is 0.888. The standard InChI is InChI=1S/C13H16N2O2/c1-2-9-14-13(17)15-12-8-4-3-6-11(12)7-5-10-16/h3-4,6,8,16H,2,9-10H2,1H3,(H2,14,15,17). The monoisotopic (exact) mass is 232 g/mol. The Balaban J connectivity index is 2.73. The first-order valence-electron chi connectivity index (χ1n) is 5.51. The second kappa shape index (κ2) is 7.31. The summed E-state index contributed by atoms with van der Waals surface area (Å²) in [6, 6.07) is 6.96. The molecule has 0 spiro atoms. The molecular formula is C13H16N2O2. The molecule has 2 amide bonds. The van der Waals surface area contributed by atoms with Gasteiger partial charge in [0.1, 0.15) is 6.61 Å². The van der Waals surface area contributed by atoms with Crippen molar-refractivity contribution in [3.8, 4) is 11.8 Å². The number of aliphatic hydroxyl groups is 1. The predicted octanol–water partition coefficient (Wildman–Crippen LogP) is 1.56. The Kier molecular flexibility index (Phi) is 5.62. The fourth-order valence-corrected chi connectivity index (χ4v) is 1.24. The Morgan fingerprint density at radius 3 is 2.88 bits per heavy atom. The van der Waals surface area contributed by atoms with Gasteiger partial charge in [-0.3, -0.25) is 0 Å². The van der Waals surface area contributed by atoms with Crippen molar-refractivity contribution in [1.82, 2.24) is 5.32 Å². The van der Waals surface area contributed by atoms with E-state index in [1.807, 2.05) is 19.1 Å². The van der Waals surface area contributed by atoms with Crippen LogP contribution in [0.5, 0.6) is 0 Å². The summed E-state index contributed by atoms with van der Waals surface area (Å²) < 4.78 is 0. The highest BCUT2D eigenvalue weighted by atomic mass is 16.2. The molecule has 1 rings (SSSR count). The molecule has 1 aromatic rings. The van der Waals surface area contributed by atoms with E-state index in [0.29, 0.717) is 17.8 Å². The first-order chi connectivity index (χ1) is 8.27. The van der Waals surface area contributed by atoms with E-state index < -0.39 is 0 Å². The van der Waals surface area contributed by atoms with E-state index in [-0.39, 0.29) is 12.6 Å². The van der Waals surface area contributed by atoms with Crippen LogP contribution in [0.2, 0.25) is 0 Å². The zero-order valence-corrected chi connectivity index (χ0v) is 9.79. The van der Waals surface area contributed by atoms with Gasteiger partial charge in [-0.05, 0) is 18.6 Å². The van der Waals surface area contributed by atoms with E-state index in [4.69, 9.17) is 5.11 Å². The lowest BCUT2D eigenvalue weighted by Crippen LogP contribution is -2.29. The van der Waals surface area contributed by atoms with Crippen molar-refractivity contribution in [3.63, 3.8) is 0 Å². The molecule has 17 heavy (non-hydrogen) atoms. The zero-order valence-electron chi connectivity index (χ0n) is 9.79. The fourth-order valence-electron chi connectivity index (χ4n) is 1.24. The molecule has 0 aliphatic carbocycles. The van der Waals surface area contributed by atoms with E-state index >= 15 is 0 Å². The Labute approximate surface area is 101 Å². The van der Waals surface area contributed by atoms with Crippen molar-refractivity contribution in [2.75, 3.05) is 18.5 Å². The average molecular weight is 232 g/mol. The molecule has 0 aliphatic rings. The number of carbonyl (C=O) groups is 1. The molecule has 0 aliphatic heterocycles. The lowest BCUT2D eigenvalue weighted by molar-refractivity contribution is 0.252. The number of benzene rings is 1. The molecule has 0 atom stereocenters. The van der Waals surface area contributed by atoms with Crippen LogP contribution < -0.4 is 10.6 Å². The van der Waals surface area contributed by atoms with Gasteiger partial charge in [-0.15, -0.1) is 0 Å². The number of rotatable bonds is 3. The maximum Gasteiger partial charge on any atom is 0.319 e. The van der Waals surface area contributed by atoms with Gasteiger partial charge in [-0.25, -0.2) is 4.79 Å². The maximum atomic E-state index is 11.5. The van der Waals surface area contributed by atoms with E-state index in [2.05, 4.69) is 22.5 Å². The van der Waals surface area contributed by atoms with Gasteiger partial charge in [-0.1, -0.05) is 30.9 Å². The van der Waals surface area contributed by atoms with E-state index in [1.54, 1.807) is 12.1 Å². The van der Waals surface area contributed by atoms with E-state index in [9.17, 15) is 4.79 Å². The first kappa shape index (κ1) is 13.1. The quantitative estimate of drug-likeness (QED) is 0.693. The third-order valence-electron chi connectivity index (χ3n) is 2.01. The minimum Gasteiger partial charge on any atom is -0.384 e. The number of aliphatic hydroxyl groups excluding tert-OH is 1. The van der Waals surface area contributed by atoms with Gasteiger partial charge in [0.05, 0.1) is 5.69 Å². The smallest absolute Gasteiger partial charge is 0.319 e. The number of hydrogen-bond acceptors (Lipinski definition) is 2. The third-order valence-corrected chi connectivity index (χ3v) is 2.01. The average Bonchev–Trinajstić information content (AvgIpc) is 2.35. The topological polar surface area (TPSA) is 61.4 Å². The first-order valence-corrected chi connectivity index (χ1v) is 5.51. The normalized spacial score (nSPS) is 9.06. The molecule has 0 fully saturated rings. The van der Waals surface area contributed by atoms with Crippen LogP contribution in [0.25, 0.3) is 0 Å². The lowest BCUT2D eigenvalue weighted by atomic mass is 10.2. The second-order valence-electron chi connectivity index (χ2n) is 3.39. The third kappa shape index (κ3) is 4.58. The Hall–Kier alpha value is -1.99. The summed E-state index contributed by atoms with van der Waals surface area (Å²) in [4.78, 5) is 11.5. The van der Waals surface area contributed by atoms with Crippen molar-refractivity contribution >= 4 is 11.7 Å². The molecule has 4 nitrogen and oxygen atoms in total. The number of carbonyl (C=O) groups excluding carboxylic acids is 1. The van der Waals surface area contributed by atoms with Gasteiger partial charge in [-0.2, -0.15) is 0 Å².